The smallest absolute Gasteiger partial charge is 0.257 e. The zero-order valence-electron chi connectivity index (χ0n) is 14.8. The topological polar surface area (TPSA) is 66.5 Å². The summed E-state index contributed by atoms with van der Waals surface area (Å²) in [6.07, 6.45) is 1.66. The number of anilines is 1. The van der Waals surface area contributed by atoms with Gasteiger partial charge in [-0.25, -0.2) is 8.42 Å². The van der Waals surface area contributed by atoms with Gasteiger partial charge in [0.25, 0.3) is 5.91 Å². The monoisotopic (exact) mass is 426 g/mol. The van der Waals surface area contributed by atoms with Gasteiger partial charge in [-0.3, -0.25) is 4.79 Å². The molecule has 2 aromatic rings. The molecule has 3 rings (SSSR count). The molecular weight excluding hydrogens is 407 g/mol. The van der Waals surface area contributed by atoms with E-state index in [1.54, 1.807) is 24.3 Å². The number of benzene rings is 2. The number of halogens is 2. The lowest BCUT2D eigenvalue weighted by Crippen LogP contribution is -2.37. The number of carbonyl (C=O) groups excluding carboxylic acids is 1. The van der Waals surface area contributed by atoms with Gasteiger partial charge in [-0.15, -0.1) is 0 Å². The Balaban J connectivity index is 1.86. The maximum Gasteiger partial charge on any atom is 0.257 e. The van der Waals surface area contributed by atoms with Crippen molar-refractivity contribution in [1.29, 1.82) is 0 Å². The lowest BCUT2D eigenvalue weighted by atomic mass is 10.0. The van der Waals surface area contributed by atoms with Crippen molar-refractivity contribution in [2.24, 2.45) is 5.92 Å². The molecule has 144 valence electrons. The van der Waals surface area contributed by atoms with Gasteiger partial charge in [-0.2, -0.15) is 4.31 Å². The van der Waals surface area contributed by atoms with Gasteiger partial charge in [0, 0.05) is 23.8 Å². The number of hydrogen-bond acceptors (Lipinski definition) is 3. The Morgan fingerprint density at radius 2 is 1.81 bits per heavy atom. The van der Waals surface area contributed by atoms with Gasteiger partial charge in [0.15, 0.2) is 0 Å². The third-order valence-corrected chi connectivity index (χ3v) is 7.10. The molecule has 1 heterocycles. The molecule has 0 aromatic heterocycles. The first-order chi connectivity index (χ1) is 12.8. The van der Waals surface area contributed by atoms with E-state index in [4.69, 9.17) is 23.2 Å². The van der Waals surface area contributed by atoms with Crippen LogP contribution in [0.15, 0.2) is 47.4 Å². The van der Waals surface area contributed by atoms with E-state index in [0.29, 0.717) is 29.7 Å². The molecule has 8 heteroatoms. The van der Waals surface area contributed by atoms with Crippen molar-refractivity contribution in [2.45, 2.75) is 24.7 Å². The van der Waals surface area contributed by atoms with Crippen molar-refractivity contribution >= 4 is 44.8 Å². The third-order valence-electron chi connectivity index (χ3n) is 4.65. The molecule has 2 aromatic carbocycles. The van der Waals surface area contributed by atoms with E-state index in [1.807, 2.05) is 0 Å². The molecule has 1 amide bonds. The fourth-order valence-electron chi connectivity index (χ4n) is 2.98. The Labute approximate surface area is 169 Å². The second-order valence-electron chi connectivity index (χ2n) is 6.69. The van der Waals surface area contributed by atoms with Crippen LogP contribution in [0.25, 0.3) is 0 Å². The molecule has 0 saturated carbocycles. The summed E-state index contributed by atoms with van der Waals surface area (Å²) in [6, 6.07) is 10.9. The van der Waals surface area contributed by atoms with Gasteiger partial charge in [0.1, 0.15) is 0 Å². The van der Waals surface area contributed by atoms with Crippen LogP contribution in [0.2, 0.25) is 10.0 Å². The Morgan fingerprint density at radius 1 is 1.11 bits per heavy atom. The number of sulfonamides is 1. The van der Waals surface area contributed by atoms with Gasteiger partial charge >= 0.3 is 0 Å². The first-order valence-corrected chi connectivity index (χ1v) is 10.8. The highest BCUT2D eigenvalue weighted by Gasteiger charge is 2.29. The van der Waals surface area contributed by atoms with Gasteiger partial charge in [-0.05, 0) is 55.2 Å². The summed E-state index contributed by atoms with van der Waals surface area (Å²) in [6.45, 7) is 3.08. The fraction of sp³-hybridized carbons (Fsp3) is 0.316. The summed E-state index contributed by atoms with van der Waals surface area (Å²) < 4.78 is 27.3. The minimum absolute atomic E-state index is 0.0673. The lowest BCUT2D eigenvalue weighted by Gasteiger charge is -2.29. The molecule has 0 unspecified atom stereocenters. The Morgan fingerprint density at radius 3 is 2.48 bits per heavy atom. The molecule has 0 spiro atoms. The van der Waals surface area contributed by atoms with E-state index in [2.05, 4.69) is 12.2 Å². The molecule has 1 N–H and O–H groups in total. The average molecular weight is 427 g/mol. The maximum absolute atomic E-state index is 12.9. The quantitative estimate of drug-likeness (QED) is 0.772. The molecule has 1 saturated heterocycles. The number of piperidine rings is 1. The SMILES string of the molecule is CC1CCN(S(=O)(=O)c2ccc(Cl)c(C(=O)Nc3cccc(Cl)c3)c2)CC1. The summed E-state index contributed by atoms with van der Waals surface area (Å²) in [4.78, 5) is 12.7. The van der Waals surface area contributed by atoms with Crippen LogP contribution in [0.4, 0.5) is 5.69 Å². The number of hydrogen-bond donors (Lipinski definition) is 1. The van der Waals surface area contributed by atoms with E-state index in [1.165, 1.54) is 22.5 Å². The molecule has 5 nitrogen and oxygen atoms in total. The minimum Gasteiger partial charge on any atom is -0.322 e. The molecule has 27 heavy (non-hydrogen) atoms. The molecule has 0 aliphatic carbocycles. The molecular formula is C19H20Cl2N2O3S. The van der Waals surface area contributed by atoms with Gasteiger partial charge in [-0.1, -0.05) is 36.2 Å². The van der Waals surface area contributed by atoms with Crippen molar-refractivity contribution in [3.05, 3.63) is 58.1 Å². The summed E-state index contributed by atoms with van der Waals surface area (Å²) in [5.41, 5.74) is 0.602. The summed E-state index contributed by atoms with van der Waals surface area (Å²) in [5.74, 6) is 0.0206. The van der Waals surface area contributed by atoms with E-state index in [0.717, 1.165) is 12.8 Å². The van der Waals surface area contributed by atoms with Crippen molar-refractivity contribution in [3.63, 3.8) is 0 Å². The van der Waals surface area contributed by atoms with Crippen LogP contribution in [-0.2, 0) is 10.0 Å². The van der Waals surface area contributed by atoms with E-state index in [-0.39, 0.29) is 15.5 Å². The van der Waals surface area contributed by atoms with Crippen molar-refractivity contribution in [3.8, 4) is 0 Å². The standard InChI is InChI=1S/C19H20Cl2N2O3S/c1-13-7-9-23(10-8-13)27(25,26)16-5-6-18(21)17(12-16)19(24)22-15-4-2-3-14(20)11-15/h2-6,11-13H,7-10H2,1H3,(H,22,24). The second-order valence-corrected chi connectivity index (χ2v) is 9.47. The lowest BCUT2D eigenvalue weighted by molar-refractivity contribution is 0.102. The van der Waals surface area contributed by atoms with Crippen molar-refractivity contribution < 1.29 is 13.2 Å². The predicted molar refractivity (Wildman–Crippen MR) is 108 cm³/mol. The zero-order valence-corrected chi connectivity index (χ0v) is 17.1. The van der Waals surface area contributed by atoms with Crippen LogP contribution in [-0.4, -0.2) is 31.7 Å². The summed E-state index contributed by atoms with van der Waals surface area (Å²) in [7, 11) is -3.66. The maximum atomic E-state index is 12.9. The second kappa shape index (κ2) is 8.19. The summed E-state index contributed by atoms with van der Waals surface area (Å²) >= 11 is 12.1. The van der Waals surface area contributed by atoms with Gasteiger partial charge < -0.3 is 5.32 Å². The largest absolute Gasteiger partial charge is 0.322 e. The highest BCUT2D eigenvalue weighted by molar-refractivity contribution is 7.89. The number of amides is 1. The van der Waals surface area contributed by atoms with Crippen LogP contribution >= 0.6 is 23.2 Å². The fourth-order valence-corrected chi connectivity index (χ4v) is 4.87. The Bertz CT molecular complexity index is 955. The minimum atomic E-state index is -3.66. The van der Waals surface area contributed by atoms with Crippen LogP contribution in [0.3, 0.4) is 0 Å². The number of nitrogens with zero attached hydrogens (tertiary/aromatic N) is 1. The van der Waals surface area contributed by atoms with Crippen molar-refractivity contribution in [1.82, 2.24) is 4.31 Å². The van der Waals surface area contributed by atoms with Crippen LogP contribution in [0.1, 0.15) is 30.1 Å². The molecule has 1 aliphatic rings. The third kappa shape index (κ3) is 4.63. The Kier molecular flexibility index (Phi) is 6.11. The van der Waals surface area contributed by atoms with E-state index >= 15 is 0 Å². The highest BCUT2D eigenvalue weighted by atomic mass is 35.5. The van der Waals surface area contributed by atoms with Crippen LogP contribution in [0, 0.1) is 5.92 Å². The number of carbonyl (C=O) groups is 1. The Hall–Kier alpha value is -1.60. The van der Waals surface area contributed by atoms with Gasteiger partial charge in [0.2, 0.25) is 10.0 Å². The molecule has 1 fully saturated rings. The first-order valence-electron chi connectivity index (χ1n) is 8.64. The summed E-state index contributed by atoms with van der Waals surface area (Å²) in [5, 5.41) is 3.35. The van der Waals surface area contributed by atoms with Gasteiger partial charge in [0.05, 0.1) is 15.5 Å². The predicted octanol–water partition coefficient (Wildman–Crippen LogP) is 4.67. The first kappa shape index (κ1) is 20.1. The average Bonchev–Trinajstić information content (AvgIpc) is 2.62. The van der Waals surface area contributed by atoms with Crippen LogP contribution in [0.5, 0.6) is 0 Å². The molecule has 0 radical (unpaired) electrons. The van der Waals surface area contributed by atoms with E-state index < -0.39 is 15.9 Å². The highest BCUT2D eigenvalue weighted by Crippen LogP contribution is 2.27. The van der Waals surface area contributed by atoms with Crippen LogP contribution < -0.4 is 5.32 Å². The molecule has 0 atom stereocenters. The molecule has 1 aliphatic heterocycles. The zero-order chi connectivity index (χ0) is 19.6. The number of rotatable bonds is 4. The van der Waals surface area contributed by atoms with E-state index in [9.17, 15) is 13.2 Å². The molecule has 0 bridgehead atoms. The normalized spacial score (nSPS) is 16.3. The number of nitrogens with one attached hydrogen (secondary N) is 1. The van der Waals surface area contributed by atoms with Crippen molar-refractivity contribution in [2.75, 3.05) is 18.4 Å².